The number of rotatable bonds is 2. The summed E-state index contributed by atoms with van der Waals surface area (Å²) in [5.74, 6) is 4.12. The van der Waals surface area contributed by atoms with E-state index in [0.29, 0.717) is 0 Å². The Morgan fingerprint density at radius 1 is 0.840 bits per heavy atom. The summed E-state index contributed by atoms with van der Waals surface area (Å²) < 4.78 is 0. The van der Waals surface area contributed by atoms with Crippen LogP contribution in [0.25, 0.3) is 0 Å². The van der Waals surface area contributed by atoms with Gasteiger partial charge in [-0.3, -0.25) is 4.90 Å². The Bertz CT molecular complexity index is 497. The smallest absolute Gasteiger partial charge is 0.124 e. The molecule has 1 N–H and O–H groups in total. The van der Waals surface area contributed by atoms with Crippen molar-refractivity contribution < 1.29 is 0 Å². The lowest BCUT2D eigenvalue weighted by Gasteiger charge is -2.46. The summed E-state index contributed by atoms with van der Waals surface area (Å²) in [6.07, 6.45) is 12.1. The highest BCUT2D eigenvalue weighted by Crippen LogP contribution is 2.64. The largest absolute Gasteiger partial charge is 0.332 e. The van der Waals surface area contributed by atoms with Crippen molar-refractivity contribution in [2.75, 3.05) is 7.05 Å². The molecule has 0 aromatic heterocycles. The zero-order valence-corrected chi connectivity index (χ0v) is 18.6. The number of nitrogens with one attached hydrogen (secondary N) is 1. The summed E-state index contributed by atoms with van der Waals surface area (Å²) >= 11 is 0. The number of hydrogen-bond acceptors (Lipinski definition) is 2. The van der Waals surface area contributed by atoms with E-state index in [4.69, 9.17) is 0 Å². The van der Waals surface area contributed by atoms with Crippen LogP contribution >= 0.6 is 0 Å². The van der Waals surface area contributed by atoms with Crippen molar-refractivity contribution in [3.8, 4) is 0 Å². The van der Waals surface area contributed by atoms with Gasteiger partial charge in [-0.1, -0.05) is 45.2 Å². The van der Waals surface area contributed by atoms with Crippen molar-refractivity contribution in [2.45, 2.75) is 108 Å². The topological polar surface area (TPSA) is 15.3 Å². The monoisotopic (exact) mass is 362 g/mol. The average Bonchev–Trinajstić information content (AvgIpc) is 3.00. The lowest BCUT2D eigenvalue weighted by atomic mass is 9.70. The summed E-state index contributed by atoms with van der Waals surface area (Å²) in [6.45, 7) is 12.5. The van der Waals surface area contributed by atoms with Gasteiger partial charge in [0.1, 0.15) is 8.24 Å². The third-order valence-corrected chi connectivity index (χ3v) is 12.2. The van der Waals surface area contributed by atoms with E-state index in [2.05, 4.69) is 50.8 Å². The highest BCUT2D eigenvalue weighted by Gasteiger charge is 2.64. The first kappa shape index (κ1) is 18.5. The van der Waals surface area contributed by atoms with Gasteiger partial charge in [-0.05, 0) is 76.3 Å². The lowest BCUT2D eigenvalue weighted by molar-refractivity contribution is 0.136. The van der Waals surface area contributed by atoms with Crippen molar-refractivity contribution in [1.82, 2.24) is 9.88 Å². The maximum Gasteiger partial charge on any atom is 0.124 e. The second-order valence-corrected chi connectivity index (χ2v) is 15.8. The van der Waals surface area contributed by atoms with Crippen molar-refractivity contribution in [3.05, 3.63) is 0 Å². The molecule has 0 radical (unpaired) electrons. The Kier molecular flexibility index (Phi) is 4.69. The van der Waals surface area contributed by atoms with Crippen molar-refractivity contribution >= 4 is 8.24 Å². The molecule has 3 aliphatic carbocycles. The minimum atomic E-state index is -1.50. The van der Waals surface area contributed by atoms with E-state index in [1.807, 2.05) is 0 Å². The van der Waals surface area contributed by atoms with Crippen LogP contribution in [0, 0.1) is 23.7 Å². The van der Waals surface area contributed by atoms with Crippen molar-refractivity contribution in [2.24, 2.45) is 23.7 Å². The predicted octanol–water partition coefficient (Wildman–Crippen LogP) is 5.26. The summed E-state index contributed by atoms with van der Waals surface area (Å²) in [5.41, 5.74) is 1.21. The molecule has 0 spiro atoms. The van der Waals surface area contributed by atoms with Crippen LogP contribution in [0.1, 0.15) is 72.1 Å². The maximum absolute atomic E-state index is 4.20. The first-order valence-electron chi connectivity index (χ1n) is 11.2. The Hall–Kier alpha value is 0.137. The quantitative estimate of drug-likeness (QED) is 0.674. The van der Waals surface area contributed by atoms with Crippen molar-refractivity contribution in [1.29, 1.82) is 0 Å². The van der Waals surface area contributed by atoms with E-state index < -0.39 is 8.24 Å². The van der Waals surface area contributed by atoms with E-state index >= 15 is 0 Å². The molecule has 2 nitrogen and oxygen atoms in total. The van der Waals surface area contributed by atoms with Gasteiger partial charge in [0.25, 0.3) is 0 Å². The van der Waals surface area contributed by atoms with Gasteiger partial charge in [0.05, 0.1) is 0 Å². The summed E-state index contributed by atoms with van der Waals surface area (Å²) in [4.78, 5) is 7.12. The fourth-order valence-corrected chi connectivity index (χ4v) is 13.2. The second-order valence-electron chi connectivity index (χ2n) is 11.5. The zero-order valence-electron chi connectivity index (χ0n) is 17.6. The van der Waals surface area contributed by atoms with Gasteiger partial charge in [-0.25, -0.2) is 0 Å². The molecule has 144 valence electrons. The van der Waals surface area contributed by atoms with E-state index in [-0.39, 0.29) is 5.54 Å². The molecular weight excluding hydrogens is 320 g/mol. The van der Waals surface area contributed by atoms with Crippen LogP contribution in [0.15, 0.2) is 0 Å². The molecule has 0 aromatic rings. The fourth-order valence-electron chi connectivity index (χ4n) is 8.28. The molecule has 4 rings (SSSR count). The second kappa shape index (κ2) is 6.34. The first-order chi connectivity index (χ1) is 11.7. The third kappa shape index (κ3) is 3.06. The molecule has 1 heterocycles. The highest BCUT2D eigenvalue weighted by atomic mass is 28.3. The van der Waals surface area contributed by atoms with Gasteiger partial charge in [0.15, 0.2) is 0 Å². The molecule has 0 amide bonds. The summed E-state index contributed by atoms with van der Waals surface area (Å²) in [5, 5.41) is 0. The molecule has 3 saturated carbocycles. The molecule has 25 heavy (non-hydrogen) atoms. The summed E-state index contributed by atoms with van der Waals surface area (Å²) in [6, 6.07) is 1.80. The normalized spacial score (nSPS) is 45.1. The Balaban J connectivity index is 1.70. The molecule has 4 fully saturated rings. The average molecular weight is 363 g/mol. The highest BCUT2D eigenvalue weighted by molar-refractivity contribution is 6.76. The molecule has 1 aliphatic heterocycles. The predicted molar refractivity (Wildman–Crippen MR) is 110 cm³/mol. The third-order valence-electron chi connectivity index (χ3n) is 8.39. The van der Waals surface area contributed by atoms with Crippen molar-refractivity contribution in [3.63, 3.8) is 0 Å². The van der Waals surface area contributed by atoms with E-state index in [9.17, 15) is 0 Å². The first-order valence-corrected chi connectivity index (χ1v) is 14.3. The Morgan fingerprint density at radius 2 is 1.40 bits per heavy atom. The molecule has 4 aliphatic rings. The van der Waals surface area contributed by atoms with Gasteiger partial charge in [0.2, 0.25) is 0 Å². The van der Waals surface area contributed by atoms with Crippen LogP contribution in [0.5, 0.6) is 0 Å². The number of nitrogens with zero attached hydrogens (tertiary/aromatic N) is 1. The van der Waals surface area contributed by atoms with E-state index in [0.717, 1.165) is 41.3 Å². The van der Waals surface area contributed by atoms with Crippen LogP contribution in [0.3, 0.4) is 0 Å². The minimum Gasteiger partial charge on any atom is -0.332 e. The molecule has 0 aromatic carbocycles. The molecule has 0 bridgehead atoms. The molecule has 3 heteroatoms. The van der Waals surface area contributed by atoms with Crippen LogP contribution in [-0.4, -0.2) is 37.8 Å². The lowest BCUT2D eigenvalue weighted by Crippen LogP contribution is -2.61. The van der Waals surface area contributed by atoms with Crippen LogP contribution < -0.4 is 4.98 Å². The summed E-state index contributed by atoms with van der Waals surface area (Å²) in [7, 11) is 1.02. The van der Waals surface area contributed by atoms with Crippen LogP contribution in [0.4, 0.5) is 0 Å². The minimum absolute atomic E-state index is 0.252. The van der Waals surface area contributed by atoms with Gasteiger partial charge in [-0.2, -0.15) is 0 Å². The SMILES string of the molecule is CN1C2CCCCC2C2C3CCCCC3C([Si](C)(C)NC(C)(C)C)C21. The van der Waals surface area contributed by atoms with E-state index in [1.165, 1.54) is 44.9 Å². The number of likely N-dealkylation sites (tertiary alicyclic amines) is 1. The Morgan fingerprint density at radius 3 is 2.04 bits per heavy atom. The van der Waals surface area contributed by atoms with E-state index in [1.54, 1.807) is 6.42 Å². The van der Waals surface area contributed by atoms with Gasteiger partial charge in [0, 0.05) is 17.6 Å². The Labute approximate surface area is 157 Å². The molecule has 1 saturated heterocycles. The standard InChI is InChI=1S/C22H42N2Si/c1-22(2,3)23-25(5,6)21-16-12-8-7-11-15(16)19-17-13-9-10-14-18(17)24(4)20(19)21/h15-21,23H,7-14H2,1-6H3. The number of hydrogen-bond donors (Lipinski definition) is 1. The maximum atomic E-state index is 4.20. The fraction of sp³-hybridized carbons (Fsp3) is 1.00. The van der Waals surface area contributed by atoms with Gasteiger partial charge >= 0.3 is 0 Å². The number of fused-ring (bicyclic) bond motifs is 5. The van der Waals surface area contributed by atoms with Gasteiger partial charge in [-0.15, -0.1) is 0 Å². The molecular formula is C22H42N2Si. The zero-order chi connectivity index (χ0) is 18.0. The van der Waals surface area contributed by atoms with Crippen LogP contribution in [0.2, 0.25) is 18.6 Å². The molecule has 7 unspecified atom stereocenters. The molecule has 7 atom stereocenters. The van der Waals surface area contributed by atoms with Crippen LogP contribution in [-0.2, 0) is 0 Å². The van der Waals surface area contributed by atoms with Gasteiger partial charge < -0.3 is 4.98 Å².